The smallest absolute Gasteiger partial charge is 0.130 e. The Bertz CT molecular complexity index is 286. The van der Waals surface area contributed by atoms with E-state index in [4.69, 9.17) is 0 Å². The zero-order valence-corrected chi connectivity index (χ0v) is 9.45. The predicted octanol–water partition coefficient (Wildman–Crippen LogP) is -1.02. The number of hydrogen-bond donors (Lipinski definition) is 4. The summed E-state index contributed by atoms with van der Waals surface area (Å²) >= 11 is 0. The minimum absolute atomic E-state index is 0.457. The molecule has 3 saturated heterocycles. The normalized spacial score (nSPS) is 39.3. The molecule has 4 aliphatic heterocycles. The van der Waals surface area contributed by atoms with Crippen LogP contribution in [-0.4, -0.2) is 48.5 Å². The molecule has 3 fully saturated rings. The van der Waals surface area contributed by atoms with Gasteiger partial charge in [-0.05, 0) is 31.8 Å². The molecule has 0 aliphatic carbocycles. The minimum atomic E-state index is -0.506. The fraction of sp³-hybridized carbons (Fsp3) is 0.818. The number of fused-ring (bicyclic) bond motifs is 3. The Morgan fingerprint density at radius 1 is 1.44 bits per heavy atom. The topological polar surface area (TPSA) is 59.6 Å². The van der Waals surface area contributed by atoms with Gasteiger partial charge in [0.2, 0.25) is 0 Å². The average Bonchev–Trinajstić information content (AvgIpc) is 2.84. The van der Waals surface area contributed by atoms with E-state index in [1.54, 1.807) is 0 Å². The van der Waals surface area contributed by atoms with E-state index < -0.39 is 6.23 Å². The summed E-state index contributed by atoms with van der Waals surface area (Å²) in [6.45, 7) is 4.29. The second-order valence-electron chi connectivity index (χ2n) is 5.03. The molecule has 4 N–H and O–H groups in total. The van der Waals surface area contributed by atoms with Crippen LogP contribution in [-0.2, 0) is 0 Å². The molecule has 90 valence electrons. The van der Waals surface area contributed by atoms with Crippen molar-refractivity contribution in [2.45, 2.75) is 25.1 Å². The van der Waals surface area contributed by atoms with Crippen LogP contribution in [0.25, 0.3) is 0 Å². The summed E-state index contributed by atoms with van der Waals surface area (Å²) in [5.74, 6) is 0.752. The van der Waals surface area contributed by atoms with E-state index in [9.17, 15) is 5.11 Å². The van der Waals surface area contributed by atoms with Crippen LogP contribution in [0, 0.1) is 5.92 Å². The Labute approximate surface area is 95.9 Å². The maximum atomic E-state index is 10.1. The molecule has 5 nitrogen and oxygen atoms in total. The standard InChI is InChI=1S/C11H20N4O/c16-11(9-5-12-13-6-9)14-10-7-15-3-1-8(10)2-4-15/h5,8,10-14,16H,1-4,6-7H2. The van der Waals surface area contributed by atoms with E-state index >= 15 is 0 Å². The molecule has 2 unspecified atom stereocenters. The second-order valence-corrected chi connectivity index (χ2v) is 5.03. The molecule has 2 atom stereocenters. The monoisotopic (exact) mass is 224 g/mol. The Kier molecular flexibility index (Phi) is 2.85. The van der Waals surface area contributed by atoms with Gasteiger partial charge >= 0.3 is 0 Å². The van der Waals surface area contributed by atoms with Gasteiger partial charge in [-0.15, -0.1) is 0 Å². The molecule has 2 bridgehead atoms. The van der Waals surface area contributed by atoms with Crippen molar-refractivity contribution in [1.82, 2.24) is 21.1 Å². The highest BCUT2D eigenvalue weighted by Gasteiger charge is 2.35. The van der Waals surface area contributed by atoms with Crippen molar-refractivity contribution < 1.29 is 5.11 Å². The van der Waals surface area contributed by atoms with E-state index in [1.165, 1.54) is 25.9 Å². The molecule has 5 heteroatoms. The fourth-order valence-corrected chi connectivity index (χ4v) is 2.99. The first-order valence-corrected chi connectivity index (χ1v) is 6.17. The molecule has 4 heterocycles. The average molecular weight is 224 g/mol. The van der Waals surface area contributed by atoms with Crippen molar-refractivity contribution in [2.24, 2.45) is 5.92 Å². The Morgan fingerprint density at radius 3 is 2.81 bits per heavy atom. The molecule has 4 aliphatic rings. The number of aliphatic hydroxyl groups excluding tert-OH is 1. The zero-order chi connectivity index (χ0) is 11.0. The summed E-state index contributed by atoms with van der Waals surface area (Å²) in [5.41, 5.74) is 6.87. The SMILES string of the molecule is OC(NC1CN2CCC1CC2)C1=CNNC1. The summed E-state index contributed by atoms with van der Waals surface area (Å²) in [4.78, 5) is 2.49. The van der Waals surface area contributed by atoms with Crippen LogP contribution in [0.3, 0.4) is 0 Å². The van der Waals surface area contributed by atoms with E-state index in [0.717, 1.165) is 24.6 Å². The zero-order valence-electron chi connectivity index (χ0n) is 9.45. The van der Waals surface area contributed by atoms with E-state index in [-0.39, 0.29) is 0 Å². The summed E-state index contributed by atoms with van der Waals surface area (Å²) in [5, 5.41) is 13.4. The van der Waals surface area contributed by atoms with Gasteiger partial charge in [-0.1, -0.05) is 0 Å². The lowest BCUT2D eigenvalue weighted by Crippen LogP contribution is -2.58. The lowest BCUT2D eigenvalue weighted by molar-refractivity contribution is 0.0417. The lowest BCUT2D eigenvalue weighted by atomic mass is 9.84. The largest absolute Gasteiger partial charge is 0.375 e. The summed E-state index contributed by atoms with van der Waals surface area (Å²) in [6, 6.07) is 0.457. The first kappa shape index (κ1) is 10.5. The Hall–Kier alpha value is -0.620. The van der Waals surface area contributed by atoms with Crippen molar-refractivity contribution in [3.05, 3.63) is 11.8 Å². The first-order chi connectivity index (χ1) is 7.83. The van der Waals surface area contributed by atoms with Gasteiger partial charge in [0.25, 0.3) is 0 Å². The number of piperidine rings is 3. The van der Waals surface area contributed by atoms with Crippen molar-refractivity contribution in [2.75, 3.05) is 26.2 Å². The van der Waals surface area contributed by atoms with Crippen LogP contribution in [0.5, 0.6) is 0 Å². The predicted molar refractivity (Wildman–Crippen MR) is 61.3 cm³/mol. The lowest BCUT2D eigenvalue weighted by Gasteiger charge is -2.45. The van der Waals surface area contributed by atoms with Crippen LogP contribution in [0.4, 0.5) is 0 Å². The van der Waals surface area contributed by atoms with Crippen LogP contribution in [0.1, 0.15) is 12.8 Å². The Morgan fingerprint density at radius 2 is 2.25 bits per heavy atom. The van der Waals surface area contributed by atoms with Crippen LogP contribution >= 0.6 is 0 Å². The number of hydrogen-bond acceptors (Lipinski definition) is 5. The van der Waals surface area contributed by atoms with Crippen LogP contribution in [0.15, 0.2) is 11.8 Å². The molecule has 0 aromatic carbocycles. The summed E-state index contributed by atoms with van der Waals surface area (Å²) < 4.78 is 0. The molecule has 0 aromatic heterocycles. The molecule has 0 radical (unpaired) electrons. The van der Waals surface area contributed by atoms with Gasteiger partial charge in [0.05, 0.1) is 0 Å². The van der Waals surface area contributed by atoms with Gasteiger partial charge in [0.15, 0.2) is 0 Å². The fourth-order valence-electron chi connectivity index (χ4n) is 2.99. The minimum Gasteiger partial charge on any atom is -0.375 e. The maximum Gasteiger partial charge on any atom is 0.130 e. The maximum absolute atomic E-state index is 10.1. The van der Waals surface area contributed by atoms with Gasteiger partial charge in [0.1, 0.15) is 6.23 Å². The quantitative estimate of drug-likeness (QED) is 0.462. The summed E-state index contributed by atoms with van der Waals surface area (Å²) in [7, 11) is 0. The number of aliphatic hydroxyl groups is 1. The third-order valence-electron chi connectivity index (χ3n) is 4.03. The number of nitrogens with zero attached hydrogens (tertiary/aromatic N) is 1. The third-order valence-corrected chi connectivity index (χ3v) is 4.03. The van der Waals surface area contributed by atoms with E-state index in [1.807, 2.05) is 6.20 Å². The number of hydrazine groups is 1. The van der Waals surface area contributed by atoms with Crippen LogP contribution in [0.2, 0.25) is 0 Å². The van der Waals surface area contributed by atoms with Gasteiger partial charge in [0, 0.05) is 30.9 Å². The van der Waals surface area contributed by atoms with Gasteiger partial charge in [-0.2, -0.15) is 0 Å². The molecule has 4 rings (SSSR count). The van der Waals surface area contributed by atoms with E-state index in [0.29, 0.717) is 6.04 Å². The Balaban J connectivity index is 1.58. The molecule has 0 spiro atoms. The van der Waals surface area contributed by atoms with Crippen molar-refractivity contribution >= 4 is 0 Å². The first-order valence-electron chi connectivity index (χ1n) is 6.17. The van der Waals surface area contributed by atoms with Crippen molar-refractivity contribution in [1.29, 1.82) is 0 Å². The molecule has 0 aromatic rings. The number of nitrogens with one attached hydrogen (secondary N) is 3. The van der Waals surface area contributed by atoms with Gasteiger partial charge in [-0.3, -0.25) is 5.32 Å². The molecular weight excluding hydrogens is 204 g/mol. The summed E-state index contributed by atoms with van der Waals surface area (Å²) in [6.07, 6.45) is 3.90. The third kappa shape index (κ3) is 1.96. The highest BCUT2D eigenvalue weighted by atomic mass is 16.3. The second kappa shape index (κ2) is 4.33. The molecule has 16 heavy (non-hydrogen) atoms. The molecule has 0 saturated carbocycles. The van der Waals surface area contributed by atoms with Crippen molar-refractivity contribution in [3.8, 4) is 0 Å². The van der Waals surface area contributed by atoms with Gasteiger partial charge < -0.3 is 15.4 Å². The molecular formula is C11H20N4O. The van der Waals surface area contributed by atoms with Crippen LogP contribution < -0.4 is 16.2 Å². The highest BCUT2D eigenvalue weighted by Crippen LogP contribution is 2.27. The highest BCUT2D eigenvalue weighted by molar-refractivity contribution is 5.12. The van der Waals surface area contributed by atoms with Gasteiger partial charge in [-0.25, -0.2) is 5.43 Å². The number of rotatable bonds is 3. The van der Waals surface area contributed by atoms with E-state index in [2.05, 4.69) is 21.1 Å². The molecule has 0 amide bonds. The van der Waals surface area contributed by atoms with Crippen molar-refractivity contribution in [3.63, 3.8) is 0 Å².